The van der Waals surface area contributed by atoms with E-state index in [0.29, 0.717) is 18.9 Å². The summed E-state index contributed by atoms with van der Waals surface area (Å²) >= 11 is 3.97. The predicted octanol–water partition coefficient (Wildman–Crippen LogP) is 13.6. The Balaban J connectivity index is 3.86. The summed E-state index contributed by atoms with van der Waals surface area (Å²) in [6.45, 7) is 8.88. The Labute approximate surface area is 327 Å². The second kappa shape index (κ2) is 40.8. The lowest BCUT2D eigenvalue weighted by molar-refractivity contribution is -0.149. The van der Waals surface area contributed by atoms with Crippen molar-refractivity contribution in [3.05, 3.63) is 0 Å². The first-order valence-corrected chi connectivity index (χ1v) is 24.5. The Bertz CT molecular complexity index is 682. The molecular formula is C44H87NO4S2. The predicted molar refractivity (Wildman–Crippen MR) is 228 cm³/mol. The number of nitrogens with one attached hydrogen (secondary N) is 1. The van der Waals surface area contributed by atoms with Crippen LogP contribution in [-0.2, 0) is 19.1 Å². The second-order valence-electron chi connectivity index (χ2n) is 15.1. The van der Waals surface area contributed by atoms with Gasteiger partial charge in [-0.1, -0.05) is 156 Å². The largest absolute Gasteiger partial charge is 0.461 e. The number of unbranched alkanes of at least 4 members (excludes halogenated alkanes) is 18. The molecule has 304 valence electrons. The minimum Gasteiger partial charge on any atom is -0.461 e. The summed E-state index contributed by atoms with van der Waals surface area (Å²) < 4.78 is 11.8. The fourth-order valence-corrected chi connectivity index (χ4v) is 8.71. The quantitative estimate of drug-likeness (QED) is 0.0492. The normalized spacial score (nSPS) is 13.3. The number of carbonyl (C=O) groups excluding carboxylic acids is 2. The molecular weight excluding hydrogens is 671 g/mol. The summed E-state index contributed by atoms with van der Waals surface area (Å²) in [4.78, 5) is 24.7. The van der Waals surface area contributed by atoms with Crippen LogP contribution in [0.1, 0.15) is 220 Å². The van der Waals surface area contributed by atoms with Gasteiger partial charge < -0.3 is 14.8 Å². The Morgan fingerprint density at radius 1 is 0.451 bits per heavy atom. The van der Waals surface area contributed by atoms with Crippen LogP contribution in [-0.4, -0.2) is 60.2 Å². The van der Waals surface area contributed by atoms with E-state index in [1.54, 1.807) is 0 Å². The SMILES string of the molecule is CCCCCCCC(=O)OC(CCCC)CSCCCCCCCC(CCCCCCCSCC(CCCC)OC(=O)CCCCCCC)NC. The Hall–Kier alpha value is -0.400. The molecule has 0 aliphatic carbocycles. The average molecular weight is 758 g/mol. The highest BCUT2D eigenvalue weighted by atomic mass is 32.2. The van der Waals surface area contributed by atoms with Gasteiger partial charge in [0.25, 0.3) is 0 Å². The van der Waals surface area contributed by atoms with Gasteiger partial charge in [0.1, 0.15) is 12.2 Å². The standard InChI is InChI=1S/C44H87NO4S2/c1-6-10-14-18-26-34-43(46)48-41(32-12-8-3)38-50-36-28-22-16-20-24-30-40(45-5)31-25-21-17-23-29-37-51-39-42(33-13-9-4)49-44(47)35-27-19-15-11-7-2/h40-42,45H,6-39H2,1-5H3. The first-order valence-electron chi connectivity index (χ1n) is 22.2. The van der Waals surface area contributed by atoms with Crippen LogP contribution >= 0.6 is 23.5 Å². The van der Waals surface area contributed by atoms with Crippen LogP contribution < -0.4 is 5.32 Å². The third kappa shape index (κ3) is 36.4. The third-order valence-corrected chi connectivity index (χ3v) is 12.4. The lowest BCUT2D eigenvalue weighted by atomic mass is 10.0. The van der Waals surface area contributed by atoms with Crippen molar-refractivity contribution >= 4 is 35.5 Å². The number of esters is 2. The second-order valence-corrected chi connectivity index (χ2v) is 17.4. The van der Waals surface area contributed by atoms with Crippen LogP contribution in [0.25, 0.3) is 0 Å². The highest BCUT2D eigenvalue weighted by Gasteiger charge is 2.15. The van der Waals surface area contributed by atoms with Crippen LogP contribution in [0.15, 0.2) is 0 Å². The van der Waals surface area contributed by atoms with Gasteiger partial charge in [-0.3, -0.25) is 9.59 Å². The lowest BCUT2D eigenvalue weighted by Crippen LogP contribution is -2.24. The Morgan fingerprint density at radius 2 is 0.804 bits per heavy atom. The van der Waals surface area contributed by atoms with Crippen molar-refractivity contribution in [3.8, 4) is 0 Å². The van der Waals surface area contributed by atoms with Crippen molar-refractivity contribution in [2.45, 2.75) is 239 Å². The molecule has 0 aliphatic rings. The molecule has 0 rings (SSSR count). The highest BCUT2D eigenvalue weighted by molar-refractivity contribution is 7.99. The number of ether oxygens (including phenoxy) is 2. The van der Waals surface area contributed by atoms with E-state index in [1.165, 1.54) is 127 Å². The minimum atomic E-state index is 0.0189. The molecule has 0 saturated heterocycles. The summed E-state index contributed by atoms with van der Waals surface area (Å²) in [5.74, 6) is 4.33. The van der Waals surface area contributed by atoms with Gasteiger partial charge in [0, 0.05) is 30.4 Å². The molecule has 0 radical (unpaired) electrons. The summed E-state index contributed by atoms with van der Waals surface area (Å²) in [6, 6.07) is 0.661. The molecule has 0 bridgehead atoms. The molecule has 0 fully saturated rings. The molecule has 5 nitrogen and oxygen atoms in total. The van der Waals surface area contributed by atoms with Crippen LogP contribution in [0.3, 0.4) is 0 Å². The molecule has 0 aliphatic heterocycles. The maximum Gasteiger partial charge on any atom is 0.306 e. The fourth-order valence-electron chi connectivity index (χ4n) is 6.56. The van der Waals surface area contributed by atoms with E-state index in [9.17, 15) is 9.59 Å². The van der Waals surface area contributed by atoms with Gasteiger partial charge in [0.15, 0.2) is 0 Å². The van der Waals surface area contributed by atoms with Crippen molar-refractivity contribution in [1.82, 2.24) is 5.32 Å². The van der Waals surface area contributed by atoms with Crippen molar-refractivity contribution in [2.75, 3.05) is 30.1 Å². The Kier molecular flexibility index (Phi) is 40.5. The van der Waals surface area contributed by atoms with Gasteiger partial charge in [-0.15, -0.1) is 0 Å². The van der Waals surface area contributed by atoms with E-state index in [4.69, 9.17) is 9.47 Å². The highest BCUT2D eigenvalue weighted by Crippen LogP contribution is 2.19. The zero-order chi connectivity index (χ0) is 37.5. The van der Waals surface area contributed by atoms with Gasteiger partial charge in [-0.05, 0) is 69.9 Å². The maximum absolute atomic E-state index is 12.3. The van der Waals surface area contributed by atoms with E-state index < -0.39 is 0 Å². The molecule has 0 aromatic heterocycles. The molecule has 7 heteroatoms. The molecule has 1 N–H and O–H groups in total. The molecule has 0 spiro atoms. The van der Waals surface area contributed by atoms with Crippen LogP contribution in [0, 0.1) is 0 Å². The Morgan fingerprint density at radius 3 is 1.20 bits per heavy atom. The molecule has 51 heavy (non-hydrogen) atoms. The first kappa shape index (κ1) is 50.6. The first-order chi connectivity index (χ1) is 25.0. The van der Waals surface area contributed by atoms with Crippen LogP contribution in [0.2, 0.25) is 0 Å². The fraction of sp³-hybridized carbons (Fsp3) is 0.955. The topological polar surface area (TPSA) is 64.6 Å². The van der Waals surface area contributed by atoms with E-state index in [1.807, 2.05) is 23.5 Å². The van der Waals surface area contributed by atoms with Gasteiger partial charge >= 0.3 is 11.9 Å². The monoisotopic (exact) mass is 758 g/mol. The van der Waals surface area contributed by atoms with E-state index >= 15 is 0 Å². The minimum absolute atomic E-state index is 0.0189. The van der Waals surface area contributed by atoms with Crippen LogP contribution in [0.5, 0.6) is 0 Å². The molecule has 0 saturated carbocycles. The third-order valence-electron chi connectivity index (χ3n) is 10.0. The summed E-state index contributed by atoms with van der Waals surface area (Å²) in [7, 11) is 2.14. The van der Waals surface area contributed by atoms with Crippen molar-refractivity contribution in [1.29, 1.82) is 0 Å². The molecule has 0 amide bonds. The van der Waals surface area contributed by atoms with Gasteiger partial charge in [0.05, 0.1) is 0 Å². The van der Waals surface area contributed by atoms with E-state index in [2.05, 4.69) is 40.1 Å². The van der Waals surface area contributed by atoms with Crippen molar-refractivity contribution in [2.24, 2.45) is 0 Å². The lowest BCUT2D eigenvalue weighted by Gasteiger charge is -2.18. The van der Waals surface area contributed by atoms with Gasteiger partial charge in [-0.2, -0.15) is 23.5 Å². The zero-order valence-corrected chi connectivity index (χ0v) is 36.4. The summed E-state index contributed by atoms with van der Waals surface area (Å²) in [5.41, 5.74) is 0. The van der Waals surface area contributed by atoms with E-state index in [-0.39, 0.29) is 24.1 Å². The summed E-state index contributed by atoms with van der Waals surface area (Å²) in [6.07, 6.45) is 35.5. The molecule has 2 atom stereocenters. The molecule has 0 aromatic carbocycles. The molecule has 2 unspecified atom stereocenters. The van der Waals surface area contributed by atoms with Gasteiger partial charge in [0.2, 0.25) is 0 Å². The summed E-state index contributed by atoms with van der Waals surface area (Å²) in [5, 5.41) is 3.58. The van der Waals surface area contributed by atoms with Crippen molar-refractivity contribution < 1.29 is 19.1 Å². The van der Waals surface area contributed by atoms with Gasteiger partial charge in [-0.25, -0.2) is 0 Å². The molecule has 0 heterocycles. The molecule has 0 aromatic rings. The maximum atomic E-state index is 12.3. The zero-order valence-electron chi connectivity index (χ0n) is 34.7. The van der Waals surface area contributed by atoms with Crippen LogP contribution in [0.4, 0.5) is 0 Å². The van der Waals surface area contributed by atoms with E-state index in [0.717, 1.165) is 75.7 Å². The number of hydrogen-bond donors (Lipinski definition) is 1. The number of carbonyl (C=O) groups is 2. The number of hydrogen-bond acceptors (Lipinski definition) is 7. The van der Waals surface area contributed by atoms with Crippen molar-refractivity contribution in [3.63, 3.8) is 0 Å². The number of thioether (sulfide) groups is 2. The average Bonchev–Trinajstić information content (AvgIpc) is 3.13. The smallest absolute Gasteiger partial charge is 0.306 e. The number of rotatable bonds is 41.